The first-order valence-corrected chi connectivity index (χ1v) is 11.0. The number of hydrogen-bond donors (Lipinski definition) is 0. The van der Waals surface area contributed by atoms with Crippen LogP contribution in [-0.4, -0.2) is 54.2 Å². The van der Waals surface area contributed by atoms with Gasteiger partial charge in [0.05, 0.1) is 29.9 Å². The fourth-order valence-corrected chi connectivity index (χ4v) is 4.93. The molecule has 0 N–H and O–H groups in total. The molecule has 0 bridgehead atoms. The molecule has 3 aromatic rings. The number of rotatable bonds is 6. The number of aromatic nitrogens is 4. The van der Waals surface area contributed by atoms with Crippen molar-refractivity contribution in [2.45, 2.75) is 44.8 Å². The van der Waals surface area contributed by atoms with Gasteiger partial charge >= 0.3 is 0 Å². The average Bonchev–Trinajstić information content (AvgIpc) is 3.24. The van der Waals surface area contributed by atoms with Crippen LogP contribution in [0, 0.1) is 5.92 Å². The molecule has 0 unspecified atom stereocenters. The predicted molar refractivity (Wildman–Crippen MR) is 115 cm³/mol. The number of fused-ring (bicyclic) bond motifs is 2. The summed E-state index contributed by atoms with van der Waals surface area (Å²) >= 11 is 3.27. The van der Waals surface area contributed by atoms with Crippen molar-refractivity contribution < 1.29 is 14.4 Å². The van der Waals surface area contributed by atoms with Crippen molar-refractivity contribution in [3.63, 3.8) is 0 Å². The fourth-order valence-electron chi connectivity index (χ4n) is 4.58. The minimum absolute atomic E-state index is 0.00250. The predicted octanol–water partition coefficient (Wildman–Crippen LogP) is 2.59. The SMILES string of the molecule is CC(=O)c1nn(CC(=O)N2[C@@H]3C[C@@H]3C[C@H]2C(=O)Cc2cncc(Br)n2)c2ccccc12. The summed E-state index contributed by atoms with van der Waals surface area (Å²) in [5.74, 6) is 0.0670. The highest BCUT2D eigenvalue weighted by Crippen LogP contribution is 2.48. The van der Waals surface area contributed by atoms with Gasteiger partial charge in [-0.05, 0) is 40.8 Å². The maximum Gasteiger partial charge on any atom is 0.245 e. The highest BCUT2D eigenvalue weighted by Gasteiger charge is 2.55. The number of piperidine rings is 1. The summed E-state index contributed by atoms with van der Waals surface area (Å²) in [6, 6.07) is 7.04. The molecule has 1 amide bonds. The molecule has 1 aliphatic carbocycles. The van der Waals surface area contributed by atoms with E-state index in [-0.39, 0.29) is 36.5 Å². The quantitative estimate of drug-likeness (QED) is 0.501. The maximum absolute atomic E-state index is 13.3. The number of halogens is 1. The lowest BCUT2D eigenvalue weighted by Crippen LogP contribution is -2.45. The minimum Gasteiger partial charge on any atom is -0.328 e. The van der Waals surface area contributed by atoms with Gasteiger partial charge in [0.25, 0.3) is 0 Å². The van der Waals surface area contributed by atoms with Crippen LogP contribution in [0.15, 0.2) is 41.3 Å². The lowest BCUT2D eigenvalue weighted by Gasteiger charge is -2.26. The van der Waals surface area contributed by atoms with Crippen molar-refractivity contribution in [2.75, 3.05) is 0 Å². The normalized spacial score (nSPS) is 21.9. The molecular weight excluding hydrogens is 462 g/mol. The number of likely N-dealkylation sites (tertiary alicyclic amines) is 1. The zero-order valence-electron chi connectivity index (χ0n) is 16.9. The van der Waals surface area contributed by atoms with Gasteiger partial charge in [-0.15, -0.1) is 0 Å². The number of hydrogen-bond acceptors (Lipinski definition) is 6. The molecule has 2 aromatic heterocycles. The Kier molecular flexibility index (Phi) is 4.92. The van der Waals surface area contributed by atoms with E-state index in [1.165, 1.54) is 6.92 Å². The van der Waals surface area contributed by atoms with Crippen molar-refractivity contribution in [2.24, 2.45) is 5.92 Å². The molecule has 1 saturated heterocycles. The maximum atomic E-state index is 13.3. The van der Waals surface area contributed by atoms with Crippen LogP contribution >= 0.6 is 15.9 Å². The Bertz CT molecular complexity index is 1220. The highest BCUT2D eigenvalue weighted by molar-refractivity contribution is 9.10. The molecular formula is C22H20BrN5O3. The number of ketones is 2. The molecule has 3 heterocycles. The molecule has 158 valence electrons. The van der Waals surface area contributed by atoms with E-state index in [0.717, 1.165) is 17.3 Å². The summed E-state index contributed by atoms with van der Waals surface area (Å²) < 4.78 is 2.15. The standard InChI is InChI=1S/C22H20BrN5O3/c1-12(29)22-15-4-2-3-5-16(15)27(26-22)11-21(31)28-17-6-13(17)7-18(28)19(30)8-14-9-24-10-20(23)25-14/h2-5,9-10,13,17-18H,6-8,11H2,1H3/t13-,17-,18+/m1/s1. The Hall–Kier alpha value is -2.94. The van der Waals surface area contributed by atoms with Gasteiger partial charge in [-0.3, -0.25) is 24.0 Å². The third kappa shape index (κ3) is 3.67. The highest BCUT2D eigenvalue weighted by atomic mass is 79.9. The van der Waals surface area contributed by atoms with Crippen LogP contribution in [0.2, 0.25) is 0 Å². The van der Waals surface area contributed by atoms with Crippen LogP contribution in [0.4, 0.5) is 0 Å². The number of Topliss-reactive ketones (excluding diaryl/α,β-unsaturated/α-hetero) is 2. The van der Waals surface area contributed by atoms with Crippen LogP contribution < -0.4 is 0 Å². The molecule has 9 heteroatoms. The van der Waals surface area contributed by atoms with Crippen molar-refractivity contribution in [1.82, 2.24) is 24.6 Å². The Morgan fingerprint density at radius 1 is 1.16 bits per heavy atom. The van der Waals surface area contributed by atoms with Crippen molar-refractivity contribution >= 4 is 44.3 Å². The third-order valence-corrected chi connectivity index (χ3v) is 6.43. The van der Waals surface area contributed by atoms with Crippen LogP contribution in [0.5, 0.6) is 0 Å². The summed E-state index contributed by atoms with van der Waals surface area (Å²) in [6.07, 6.45) is 4.90. The monoisotopic (exact) mass is 481 g/mol. The van der Waals surface area contributed by atoms with Gasteiger partial charge in [0.2, 0.25) is 5.91 Å². The Labute approximate surface area is 186 Å². The first-order valence-electron chi connectivity index (χ1n) is 10.2. The molecule has 2 aliphatic rings. The zero-order chi connectivity index (χ0) is 21.7. The lowest BCUT2D eigenvalue weighted by atomic mass is 10.0. The molecule has 0 spiro atoms. The largest absolute Gasteiger partial charge is 0.328 e. The molecule has 0 radical (unpaired) electrons. The molecule has 1 aliphatic heterocycles. The molecule has 1 saturated carbocycles. The van der Waals surface area contributed by atoms with Gasteiger partial charge < -0.3 is 4.90 Å². The fraction of sp³-hybridized carbons (Fsp3) is 0.364. The molecule has 5 rings (SSSR count). The van der Waals surface area contributed by atoms with Gasteiger partial charge in [-0.1, -0.05) is 18.2 Å². The Morgan fingerprint density at radius 3 is 2.74 bits per heavy atom. The van der Waals surface area contributed by atoms with Crippen molar-refractivity contribution in [3.05, 3.63) is 52.7 Å². The van der Waals surface area contributed by atoms with E-state index in [1.54, 1.807) is 22.0 Å². The summed E-state index contributed by atoms with van der Waals surface area (Å²) in [7, 11) is 0. The topological polar surface area (TPSA) is 98.1 Å². The van der Waals surface area contributed by atoms with E-state index in [4.69, 9.17) is 0 Å². The van der Waals surface area contributed by atoms with Crippen LogP contribution in [0.25, 0.3) is 10.9 Å². The van der Waals surface area contributed by atoms with Gasteiger partial charge in [-0.2, -0.15) is 5.10 Å². The van der Waals surface area contributed by atoms with Gasteiger partial charge in [0.15, 0.2) is 11.6 Å². The summed E-state index contributed by atoms with van der Waals surface area (Å²) in [6.45, 7) is 1.47. The molecule has 31 heavy (non-hydrogen) atoms. The van der Waals surface area contributed by atoms with E-state index in [0.29, 0.717) is 28.3 Å². The number of para-hydroxylation sites is 1. The van der Waals surface area contributed by atoms with Crippen molar-refractivity contribution in [1.29, 1.82) is 0 Å². The van der Waals surface area contributed by atoms with E-state index >= 15 is 0 Å². The zero-order valence-corrected chi connectivity index (χ0v) is 18.4. The second kappa shape index (κ2) is 7.64. The number of carbonyl (C=O) groups is 3. The van der Waals surface area contributed by atoms with Crippen molar-refractivity contribution in [3.8, 4) is 0 Å². The van der Waals surface area contributed by atoms with Gasteiger partial charge in [0, 0.05) is 24.5 Å². The Morgan fingerprint density at radius 2 is 1.97 bits per heavy atom. The number of amides is 1. The molecule has 8 nitrogen and oxygen atoms in total. The minimum atomic E-state index is -0.453. The first-order chi connectivity index (χ1) is 14.9. The average molecular weight is 482 g/mol. The van der Waals surface area contributed by atoms with E-state index in [1.807, 2.05) is 24.3 Å². The number of benzene rings is 1. The summed E-state index contributed by atoms with van der Waals surface area (Å²) in [5.41, 5.74) is 1.67. The van der Waals surface area contributed by atoms with E-state index in [2.05, 4.69) is 31.0 Å². The van der Waals surface area contributed by atoms with Crippen LogP contribution in [0.1, 0.15) is 35.9 Å². The first kappa shape index (κ1) is 20.0. The summed E-state index contributed by atoms with van der Waals surface area (Å²) in [4.78, 5) is 48.4. The lowest BCUT2D eigenvalue weighted by molar-refractivity contribution is -0.139. The van der Waals surface area contributed by atoms with E-state index < -0.39 is 6.04 Å². The molecule has 3 atom stereocenters. The number of carbonyl (C=O) groups excluding carboxylic acids is 3. The second-order valence-electron chi connectivity index (χ2n) is 8.17. The van der Waals surface area contributed by atoms with Gasteiger partial charge in [-0.25, -0.2) is 4.98 Å². The smallest absolute Gasteiger partial charge is 0.245 e. The molecule has 1 aromatic carbocycles. The number of nitrogens with zero attached hydrogens (tertiary/aromatic N) is 5. The van der Waals surface area contributed by atoms with Gasteiger partial charge in [0.1, 0.15) is 16.8 Å². The van der Waals surface area contributed by atoms with Crippen LogP contribution in [0.3, 0.4) is 0 Å². The molecule has 2 fully saturated rings. The Balaban J connectivity index is 1.38. The van der Waals surface area contributed by atoms with Crippen LogP contribution in [-0.2, 0) is 22.6 Å². The second-order valence-corrected chi connectivity index (χ2v) is 8.98. The third-order valence-electron chi connectivity index (χ3n) is 6.05. The van der Waals surface area contributed by atoms with E-state index in [9.17, 15) is 14.4 Å². The summed E-state index contributed by atoms with van der Waals surface area (Å²) in [5, 5.41) is 5.13.